The van der Waals surface area contributed by atoms with Crippen LogP contribution in [0.25, 0.3) is 11.3 Å². The van der Waals surface area contributed by atoms with Crippen LogP contribution in [0.15, 0.2) is 40.9 Å². The molecular weight excluding hydrogens is 324 g/mol. The number of carbonyl (C=O) groups excluding carboxylic acids is 1. The normalized spacial score (nSPS) is 16.4. The first-order chi connectivity index (χ1) is 11.2. The highest BCUT2D eigenvalue weighted by Gasteiger charge is 2.21. The van der Waals surface area contributed by atoms with Crippen LogP contribution < -0.4 is 0 Å². The molecule has 5 heteroatoms. The van der Waals surface area contributed by atoms with E-state index in [-0.39, 0.29) is 24.1 Å². The average Bonchev–Trinajstić information content (AvgIpc) is 3.11. The standard InChI is InChI=1S/C19H24N2O2.ClH/c1-15(10-13-21-11-6-3-7-12-21)19(22)17-14-18(23-20-17)16-8-4-2-5-9-16;/h2,4-5,8-9,14-15H,3,6-7,10-13H2,1H3;1H. The Balaban J connectivity index is 0.00000208. The molecule has 1 atom stereocenters. The summed E-state index contributed by atoms with van der Waals surface area (Å²) in [5.74, 6) is 0.704. The van der Waals surface area contributed by atoms with Crippen molar-refractivity contribution in [3.63, 3.8) is 0 Å². The molecule has 2 heterocycles. The van der Waals surface area contributed by atoms with E-state index in [0.29, 0.717) is 11.5 Å². The second-order valence-electron chi connectivity index (χ2n) is 6.40. The van der Waals surface area contributed by atoms with Gasteiger partial charge in [0, 0.05) is 17.5 Å². The number of aromatic nitrogens is 1. The minimum absolute atomic E-state index is 0. The molecule has 130 valence electrons. The lowest BCUT2D eigenvalue weighted by Crippen LogP contribution is -2.32. The molecule has 0 radical (unpaired) electrons. The predicted molar refractivity (Wildman–Crippen MR) is 97.6 cm³/mol. The number of ketones is 1. The fourth-order valence-corrected chi connectivity index (χ4v) is 3.07. The summed E-state index contributed by atoms with van der Waals surface area (Å²) in [4.78, 5) is 15.0. The van der Waals surface area contributed by atoms with Crippen molar-refractivity contribution in [1.82, 2.24) is 10.1 Å². The summed E-state index contributed by atoms with van der Waals surface area (Å²) in [6.45, 7) is 5.32. The summed E-state index contributed by atoms with van der Waals surface area (Å²) in [6.07, 6.45) is 4.79. The Labute approximate surface area is 149 Å². The zero-order chi connectivity index (χ0) is 16.1. The number of hydrogen-bond acceptors (Lipinski definition) is 4. The molecule has 1 aliphatic heterocycles. The van der Waals surface area contributed by atoms with Gasteiger partial charge in [-0.3, -0.25) is 4.79 Å². The molecular formula is C19H25ClN2O2. The highest BCUT2D eigenvalue weighted by Crippen LogP contribution is 2.22. The van der Waals surface area contributed by atoms with Gasteiger partial charge in [-0.05, 0) is 38.9 Å². The van der Waals surface area contributed by atoms with Gasteiger partial charge in [-0.15, -0.1) is 12.4 Å². The number of benzene rings is 1. The second kappa shape index (κ2) is 9.00. The summed E-state index contributed by atoms with van der Waals surface area (Å²) in [5, 5.41) is 3.97. The maximum atomic E-state index is 12.5. The first-order valence-corrected chi connectivity index (χ1v) is 8.53. The van der Waals surface area contributed by atoms with Crippen molar-refractivity contribution in [3.8, 4) is 11.3 Å². The van der Waals surface area contributed by atoms with E-state index in [1.54, 1.807) is 6.07 Å². The number of nitrogens with zero attached hydrogens (tertiary/aromatic N) is 2. The Kier molecular flexibility index (Phi) is 7.00. The molecule has 0 bridgehead atoms. The van der Waals surface area contributed by atoms with Gasteiger partial charge in [-0.25, -0.2) is 0 Å². The second-order valence-corrected chi connectivity index (χ2v) is 6.40. The van der Waals surface area contributed by atoms with Crippen LogP contribution >= 0.6 is 12.4 Å². The fraction of sp³-hybridized carbons (Fsp3) is 0.474. The zero-order valence-corrected chi connectivity index (χ0v) is 14.9. The average molecular weight is 349 g/mol. The van der Waals surface area contributed by atoms with Crippen LogP contribution in [0.5, 0.6) is 0 Å². The van der Waals surface area contributed by atoms with E-state index in [0.717, 1.165) is 18.5 Å². The van der Waals surface area contributed by atoms with Crippen LogP contribution in [0.4, 0.5) is 0 Å². The van der Waals surface area contributed by atoms with Crippen molar-refractivity contribution in [2.24, 2.45) is 5.92 Å². The maximum absolute atomic E-state index is 12.5. The molecule has 0 N–H and O–H groups in total. The number of hydrogen-bond donors (Lipinski definition) is 0. The first-order valence-electron chi connectivity index (χ1n) is 8.53. The van der Waals surface area contributed by atoms with Gasteiger partial charge in [-0.1, -0.05) is 48.8 Å². The number of Topliss-reactive ketones (excluding diaryl/α,β-unsaturated/α-hetero) is 1. The lowest BCUT2D eigenvalue weighted by atomic mass is 9.98. The fourth-order valence-electron chi connectivity index (χ4n) is 3.07. The van der Waals surface area contributed by atoms with E-state index in [1.165, 1.54) is 32.4 Å². The van der Waals surface area contributed by atoms with E-state index < -0.39 is 0 Å². The number of halogens is 1. The monoisotopic (exact) mass is 348 g/mol. The third-order valence-corrected chi connectivity index (χ3v) is 4.60. The highest BCUT2D eigenvalue weighted by atomic mass is 35.5. The van der Waals surface area contributed by atoms with Crippen molar-refractivity contribution >= 4 is 18.2 Å². The van der Waals surface area contributed by atoms with Gasteiger partial charge in [0.2, 0.25) is 0 Å². The molecule has 1 saturated heterocycles. The lowest BCUT2D eigenvalue weighted by Gasteiger charge is -2.27. The molecule has 0 aliphatic carbocycles. The molecule has 1 aliphatic rings. The van der Waals surface area contributed by atoms with E-state index >= 15 is 0 Å². The Morgan fingerprint density at radius 1 is 1.21 bits per heavy atom. The van der Waals surface area contributed by atoms with Gasteiger partial charge in [0.1, 0.15) is 5.69 Å². The number of rotatable bonds is 6. The van der Waals surface area contributed by atoms with Gasteiger partial charge in [0.05, 0.1) is 0 Å². The van der Waals surface area contributed by atoms with Crippen molar-refractivity contribution in [2.45, 2.75) is 32.6 Å². The van der Waals surface area contributed by atoms with E-state index in [4.69, 9.17) is 4.52 Å². The summed E-state index contributed by atoms with van der Waals surface area (Å²) in [5.41, 5.74) is 1.38. The van der Waals surface area contributed by atoms with Gasteiger partial charge in [-0.2, -0.15) is 0 Å². The number of carbonyl (C=O) groups is 1. The van der Waals surface area contributed by atoms with Crippen molar-refractivity contribution in [1.29, 1.82) is 0 Å². The molecule has 1 aromatic heterocycles. The topological polar surface area (TPSA) is 46.3 Å². The first kappa shape index (κ1) is 18.7. The molecule has 1 aromatic carbocycles. The minimum atomic E-state index is -0.0225. The van der Waals surface area contributed by atoms with Crippen molar-refractivity contribution in [2.75, 3.05) is 19.6 Å². The number of piperidine rings is 1. The Bertz CT molecular complexity index is 636. The highest BCUT2D eigenvalue weighted by molar-refractivity contribution is 5.96. The van der Waals surface area contributed by atoms with Crippen LogP contribution in [0.1, 0.15) is 43.1 Å². The van der Waals surface area contributed by atoms with Crippen molar-refractivity contribution in [3.05, 3.63) is 42.1 Å². The Morgan fingerprint density at radius 3 is 2.62 bits per heavy atom. The van der Waals surface area contributed by atoms with Gasteiger partial charge in [0.25, 0.3) is 0 Å². The predicted octanol–water partition coefficient (Wildman–Crippen LogP) is 4.46. The summed E-state index contributed by atoms with van der Waals surface area (Å²) >= 11 is 0. The lowest BCUT2D eigenvalue weighted by molar-refractivity contribution is 0.0902. The Morgan fingerprint density at radius 2 is 1.92 bits per heavy atom. The minimum Gasteiger partial charge on any atom is -0.356 e. The van der Waals surface area contributed by atoms with E-state index in [1.807, 2.05) is 37.3 Å². The van der Waals surface area contributed by atoms with Crippen LogP contribution in [0.2, 0.25) is 0 Å². The van der Waals surface area contributed by atoms with Crippen LogP contribution in [0, 0.1) is 5.92 Å². The molecule has 1 fully saturated rings. The van der Waals surface area contributed by atoms with E-state index in [9.17, 15) is 4.79 Å². The third-order valence-electron chi connectivity index (χ3n) is 4.60. The van der Waals surface area contributed by atoms with Gasteiger partial charge in [0.15, 0.2) is 11.5 Å². The van der Waals surface area contributed by atoms with E-state index in [2.05, 4.69) is 10.1 Å². The maximum Gasteiger partial charge on any atom is 0.187 e. The van der Waals surface area contributed by atoms with Crippen molar-refractivity contribution < 1.29 is 9.32 Å². The zero-order valence-electron chi connectivity index (χ0n) is 14.1. The van der Waals surface area contributed by atoms with Crippen LogP contribution in [0.3, 0.4) is 0 Å². The van der Waals surface area contributed by atoms with Gasteiger partial charge >= 0.3 is 0 Å². The summed E-state index contributed by atoms with van der Waals surface area (Å²) in [7, 11) is 0. The van der Waals surface area contributed by atoms with Gasteiger partial charge < -0.3 is 9.42 Å². The molecule has 4 nitrogen and oxygen atoms in total. The molecule has 24 heavy (non-hydrogen) atoms. The Hall–Kier alpha value is -1.65. The molecule has 3 rings (SSSR count). The quantitative estimate of drug-likeness (QED) is 0.723. The molecule has 1 unspecified atom stereocenters. The smallest absolute Gasteiger partial charge is 0.187 e. The molecule has 0 amide bonds. The molecule has 2 aromatic rings. The third kappa shape index (κ3) is 4.68. The largest absolute Gasteiger partial charge is 0.356 e. The summed E-state index contributed by atoms with van der Waals surface area (Å²) < 4.78 is 5.34. The van der Waals surface area contributed by atoms with Crippen LogP contribution in [-0.4, -0.2) is 35.5 Å². The van der Waals surface area contributed by atoms with Crippen LogP contribution in [-0.2, 0) is 0 Å². The molecule has 0 spiro atoms. The summed E-state index contributed by atoms with van der Waals surface area (Å²) in [6, 6.07) is 11.5. The SMILES string of the molecule is CC(CCN1CCCCC1)C(=O)c1cc(-c2ccccc2)on1.Cl. The number of likely N-dealkylation sites (tertiary alicyclic amines) is 1. The molecule has 0 saturated carbocycles.